The Morgan fingerprint density at radius 2 is 1.90 bits per heavy atom. The first-order valence-corrected chi connectivity index (χ1v) is 9.15. The Morgan fingerprint density at radius 3 is 2.52 bits per heavy atom. The van der Waals surface area contributed by atoms with E-state index in [1.165, 1.54) is 12.3 Å². The molecule has 2 rings (SSSR count). The van der Waals surface area contributed by atoms with Crippen LogP contribution in [0.2, 0.25) is 0 Å². The number of nitrogens with one attached hydrogen (secondary N) is 2. The van der Waals surface area contributed by atoms with E-state index in [0.717, 1.165) is 5.56 Å². The topological polar surface area (TPSA) is 145 Å². The van der Waals surface area contributed by atoms with Crippen LogP contribution in [0.5, 0.6) is 0 Å². The number of aliphatic imine (C=N–C) groups is 1. The second-order valence-electron chi connectivity index (χ2n) is 6.86. The van der Waals surface area contributed by atoms with Gasteiger partial charge in [0.25, 0.3) is 0 Å². The highest BCUT2D eigenvalue weighted by Gasteiger charge is 2.13. The summed E-state index contributed by atoms with van der Waals surface area (Å²) in [5.41, 5.74) is 13.2. The van der Waals surface area contributed by atoms with E-state index in [1.54, 1.807) is 0 Å². The summed E-state index contributed by atoms with van der Waals surface area (Å²) in [6, 6.07) is 10.4. The number of rotatable bonds is 6. The molecule has 1 heterocycles. The van der Waals surface area contributed by atoms with Gasteiger partial charge < -0.3 is 21.5 Å². The van der Waals surface area contributed by atoms with Gasteiger partial charge in [0.1, 0.15) is 11.7 Å². The number of anilines is 2. The summed E-state index contributed by atoms with van der Waals surface area (Å²) >= 11 is 0. The summed E-state index contributed by atoms with van der Waals surface area (Å²) in [6.07, 6.45) is 0.534. The van der Waals surface area contributed by atoms with Crippen LogP contribution in [-0.2, 0) is 4.74 Å². The number of amidine groups is 1. The number of carbonyl (C=O) groups excluding carboxylic acids is 2. The fraction of sp³-hybridized carbons (Fsp3) is 0.300. The molecule has 0 fully saturated rings. The molecule has 1 aromatic carbocycles. The highest BCUT2D eigenvalue weighted by atomic mass is 16.5. The van der Waals surface area contributed by atoms with Gasteiger partial charge in [-0.3, -0.25) is 5.32 Å². The van der Waals surface area contributed by atoms with E-state index >= 15 is 0 Å². The number of hydrogen-bond donors (Lipinski definition) is 4. The molecule has 3 amide bonds. The molecule has 0 unspecified atom stereocenters. The molecule has 0 aliphatic rings. The van der Waals surface area contributed by atoms with E-state index in [4.69, 9.17) is 16.2 Å². The van der Waals surface area contributed by atoms with Crippen LogP contribution in [0, 0.1) is 5.92 Å². The third-order valence-corrected chi connectivity index (χ3v) is 3.85. The molecule has 9 nitrogen and oxygen atoms in total. The summed E-state index contributed by atoms with van der Waals surface area (Å²) < 4.78 is 4.95. The molecule has 0 aliphatic carbocycles. The van der Waals surface area contributed by atoms with Gasteiger partial charge in [0, 0.05) is 18.0 Å². The summed E-state index contributed by atoms with van der Waals surface area (Å²) in [6.45, 7) is 5.92. The van der Waals surface area contributed by atoms with Crippen molar-refractivity contribution in [2.45, 2.75) is 26.8 Å². The highest BCUT2D eigenvalue weighted by Crippen LogP contribution is 2.16. The van der Waals surface area contributed by atoms with E-state index in [2.05, 4.69) is 20.6 Å². The van der Waals surface area contributed by atoms with E-state index in [1.807, 2.05) is 51.1 Å². The zero-order valence-electron chi connectivity index (χ0n) is 16.7. The molecular weight excluding hydrogens is 372 g/mol. The third-order valence-electron chi connectivity index (χ3n) is 3.85. The van der Waals surface area contributed by atoms with Crippen LogP contribution in [0.1, 0.15) is 37.9 Å². The molecule has 2 aromatic rings. The van der Waals surface area contributed by atoms with Crippen LogP contribution in [-0.4, -0.2) is 29.6 Å². The quantitative estimate of drug-likeness (QED) is 0.435. The molecule has 29 heavy (non-hydrogen) atoms. The van der Waals surface area contributed by atoms with E-state index < -0.39 is 12.1 Å². The summed E-state index contributed by atoms with van der Waals surface area (Å²) in [5.74, 6) is 0.305. The van der Waals surface area contributed by atoms with Gasteiger partial charge in [-0.2, -0.15) is 4.99 Å². The molecule has 6 N–H and O–H groups in total. The lowest BCUT2D eigenvalue weighted by Gasteiger charge is -2.15. The van der Waals surface area contributed by atoms with Gasteiger partial charge in [0.15, 0.2) is 0 Å². The molecule has 0 spiro atoms. The van der Waals surface area contributed by atoms with Crippen LogP contribution < -0.4 is 22.1 Å². The van der Waals surface area contributed by atoms with Crippen molar-refractivity contribution in [3.05, 3.63) is 53.7 Å². The second-order valence-corrected chi connectivity index (χ2v) is 6.86. The Morgan fingerprint density at radius 1 is 1.21 bits per heavy atom. The van der Waals surface area contributed by atoms with Crippen LogP contribution in [0.25, 0.3) is 0 Å². The summed E-state index contributed by atoms with van der Waals surface area (Å²) in [5, 5.41) is 5.42. The number of nitrogen functional groups attached to an aromatic ring is 1. The minimum Gasteiger partial charge on any atom is -0.448 e. The average Bonchev–Trinajstić information content (AvgIpc) is 2.67. The number of urea groups is 1. The van der Waals surface area contributed by atoms with Crippen molar-refractivity contribution in [3.8, 4) is 0 Å². The zero-order valence-corrected chi connectivity index (χ0v) is 16.7. The van der Waals surface area contributed by atoms with Crippen LogP contribution in [0.4, 0.5) is 21.1 Å². The molecule has 0 radical (unpaired) electrons. The first-order valence-electron chi connectivity index (χ1n) is 9.15. The lowest BCUT2D eigenvalue weighted by Crippen LogP contribution is -2.31. The number of hydrogen-bond acceptors (Lipinski definition) is 5. The lowest BCUT2D eigenvalue weighted by molar-refractivity contribution is 0.143. The van der Waals surface area contributed by atoms with Crippen LogP contribution in [0.15, 0.2) is 47.6 Å². The van der Waals surface area contributed by atoms with Crippen molar-refractivity contribution in [3.63, 3.8) is 0 Å². The Bertz CT molecular complexity index is 883. The number of benzene rings is 1. The van der Waals surface area contributed by atoms with Gasteiger partial charge in [0.2, 0.25) is 0 Å². The number of nitrogens with zero attached hydrogens (tertiary/aromatic N) is 2. The van der Waals surface area contributed by atoms with Gasteiger partial charge in [-0.15, -0.1) is 0 Å². The highest BCUT2D eigenvalue weighted by molar-refractivity contribution is 6.06. The number of pyridine rings is 1. The number of ether oxygens (including phenoxy) is 1. The van der Waals surface area contributed by atoms with Gasteiger partial charge in [0.05, 0.1) is 18.2 Å². The van der Waals surface area contributed by atoms with Crippen molar-refractivity contribution >= 4 is 29.5 Å². The van der Waals surface area contributed by atoms with Crippen molar-refractivity contribution in [1.82, 2.24) is 10.3 Å². The Kier molecular flexibility index (Phi) is 7.53. The third kappa shape index (κ3) is 6.80. The van der Waals surface area contributed by atoms with Crippen molar-refractivity contribution in [1.29, 1.82) is 0 Å². The van der Waals surface area contributed by atoms with Gasteiger partial charge in [-0.1, -0.05) is 44.2 Å². The zero-order chi connectivity index (χ0) is 21.4. The van der Waals surface area contributed by atoms with E-state index in [-0.39, 0.29) is 41.5 Å². The molecule has 1 aromatic heterocycles. The molecule has 0 saturated heterocycles. The SMILES string of the molecule is CC(C)COC(=O)/N=C(/N)c1cnc(NC(=O)N[C@H](C)c2ccccc2)cc1N. The van der Waals surface area contributed by atoms with E-state index in [9.17, 15) is 9.59 Å². The number of amides is 3. The van der Waals surface area contributed by atoms with Crippen molar-refractivity contribution < 1.29 is 14.3 Å². The summed E-state index contributed by atoms with van der Waals surface area (Å²) in [4.78, 5) is 31.6. The van der Waals surface area contributed by atoms with Gasteiger partial charge in [-0.25, -0.2) is 14.6 Å². The largest absolute Gasteiger partial charge is 0.448 e. The first kappa shape index (κ1) is 21.7. The maximum absolute atomic E-state index is 12.2. The molecular formula is C20H26N6O3. The molecule has 154 valence electrons. The minimum absolute atomic E-state index is 0.113. The average molecular weight is 398 g/mol. The predicted molar refractivity (Wildman–Crippen MR) is 113 cm³/mol. The number of nitrogens with two attached hydrogens (primary N) is 2. The normalized spacial score (nSPS) is 12.3. The van der Waals surface area contributed by atoms with Crippen LogP contribution >= 0.6 is 0 Å². The molecule has 0 saturated carbocycles. The lowest BCUT2D eigenvalue weighted by atomic mass is 10.1. The second kappa shape index (κ2) is 10.1. The van der Waals surface area contributed by atoms with Crippen molar-refractivity contribution in [2.24, 2.45) is 16.6 Å². The monoisotopic (exact) mass is 398 g/mol. The summed E-state index contributed by atoms with van der Waals surface area (Å²) in [7, 11) is 0. The van der Waals surface area contributed by atoms with E-state index in [0.29, 0.717) is 0 Å². The fourth-order valence-electron chi connectivity index (χ4n) is 2.36. The maximum Gasteiger partial charge on any atom is 0.435 e. The number of aromatic nitrogens is 1. The first-order chi connectivity index (χ1) is 13.8. The molecule has 0 bridgehead atoms. The molecule has 0 aliphatic heterocycles. The van der Waals surface area contributed by atoms with Crippen molar-refractivity contribution in [2.75, 3.05) is 17.7 Å². The van der Waals surface area contributed by atoms with Crippen LogP contribution in [0.3, 0.4) is 0 Å². The Hall–Kier alpha value is -3.62. The van der Waals surface area contributed by atoms with Gasteiger partial charge >= 0.3 is 12.1 Å². The minimum atomic E-state index is -0.799. The Balaban J connectivity index is 1.99. The predicted octanol–water partition coefficient (Wildman–Crippen LogP) is 3.04. The smallest absolute Gasteiger partial charge is 0.435 e. The maximum atomic E-state index is 12.2. The standard InChI is InChI=1S/C20H26N6O3/c1-12(2)11-29-20(28)26-18(22)15-10-23-17(9-16(15)21)25-19(27)24-13(3)14-7-5-4-6-8-14/h4-10,12-13H,11H2,1-3H3,(H2,22,26,28)(H4,21,23,24,25,27)/t13-/m1/s1. The fourth-order valence-corrected chi connectivity index (χ4v) is 2.36. The van der Waals surface area contributed by atoms with Gasteiger partial charge in [-0.05, 0) is 18.4 Å². The molecule has 1 atom stereocenters. The Labute approximate surface area is 169 Å². The molecule has 9 heteroatoms. The number of carbonyl (C=O) groups is 2.